The van der Waals surface area contributed by atoms with Gasteiger partial charge >= 0.3 is 0 Å². The average Bonchev–Trinajstić information content (AvgIpc) is 1.82. The first kappa shape index (κ1) is 8.08. The maximum Gasteiger partial charge on any atom is 0.0576 e. The minimum atomic E-state index is 0.521. The van der Waals surface area contributed by atoms with E-state index in [0.29, 0.717) is 5.71 Å². The van der Waals surface area contributed by atoms with Crippen LogP contribution in [0.2, 0.25) is 0 Å². The summed E-state index contributed by atoms with van der Waals surface area (Å²) in [4.78, 5) is 3.95. The van der Waals surface area contributed by atoms with Crippen molar-refractivity contribution in [3.63, 3.8) is 0 Å². The second kappa shape index (κ2) is 4.01. The Morgan fingerprint density at radius 3 is 2.33 bits per heavy atom. The summed E-state index contributed by atoms with van der Waals surface area (Å²) in [5, 5.41) is 7.11. The third-order valence-electron chi connectivity index (χ3n) is 0.960. The summed E-state index contributed by atoms with van der Waals surface area (Å²) in [6.45, 7) is 5.45. The predicted octanol–water partition coefficient (Wildman–Crippen LogP) is 2.02. The van der Waals surface area contributed by atoms with Crippen LogP contribution in [0, 0.1) is 5.41 Å². The van der Waals surface area contributed by atoms with Crippen LogP contribution < -0.4 is 0 Å². The molecule has 0 unspecified atom stereocenters. The molecule has 0 radical (unpaired) electrons. The van der Waals surface area contributed by atoms with Crippen LogP contribution in [0.4, 0.5) is 0 Å². The first-order valence-electron chi connectivity index (χ1n) is 2.89. The van der Waals surface area contributed by atoms with Gasteiger partial charge < -0.3 is 5.41 Å². The highest BCUT2D eigenvalue weighted by Gasteiger charge is 1.87. The molecule has 9 heavy (non-hydrogen) atoms. The van der Waals surface area contributed by atoms with Gasteiger partial charge in [0.25, 0.3) is 0 Å². The van der Waals surface area contributed by atoms with Crippen molar-refractivity contribution in [1.82, 2.24) is 0 Å². The van der Waals surface area contributed by atoms with E-state index in [0.717, 1.165) is 5.71 Å². The monoisotopic (exact) mass is 124 g/mol. The van der Waals surface area contributed by atoms with Gasteiger partial charge in [-0.3, -0.25) is 4.99 Å². The Bertz CT molecular complexity index is 154. The summed E-state index contributed by atoms with van der Waals surface area (Å²) in [5.41, 5.74) is 1.29. The van der Waals surface area contributed by atoms with Gasteiger partial charge in [-0.25, -0.2) is 0 Å². The van der Waals surface area contributed by atoms with E-state index in [-0.39, 0.29) is 0 Å². The number of allylic oxidation sites excluding steroid dienone is 1. The van der Waals surface area contributed by atoms with Crippen molar-refractivity contribution in [2.75, 3.05) is 0 Å². The van der Waals surface area contributed by atoms with E-state index >= 15 is 0 Å². The van der Waals surface area contributed by atoms with E-state index < -0.39 is 0 Å². The van der Waals surface area contributed by atoms with Gasteiger partial charge in [0, 0.05) is 11.9 Å². The highest BCUT2D eigenvalue weighted by atomic mass is 14.7. The maximum absolute atomic E-state index is 7.11. The second-order valence-electron chi connectivity index (χ2n) is 1.82. The van der Waals surface area contributed by atoms with Gasteiger partial charge in [0.15, 0.2) is 0 Å². The predicted molar refractivity (Wildman–Crippen MR) is 41.3 cm³/mol. The normalized spacial score (nSPS) is 12.6. The molecule has 0 aromatic rings. The summed E-state index contributed by atoms with van der Waals surface area (Å²) in [6, 6.07) is 0. The Balaban J connectivity index is 4.00. The molecule has 0 aliphatic heterocycles. The Hall–Kier alpha value is -0.920. The third kappa shape index (κ3) is 3.64. The fraction of sp³-hybridized carbons (Fsp3) is 0.429. The van der Waals surface area contributed by atoms with Crippen molar-refractivity contribution < 1.29 is 0 Å². The van der Waals surface area contributed by atoms with Gasteiger partial charge in [-0.15, -0.1) is 0 Å². The zero-order valence-electron chi connectivity index (χ0n) is 6.10. The molecule has 0 atom stereocenters. The zero-order chi connectivity index (χ0) is 7.28. The Morgan fingerprint density at radius 1 is 1.44 bits per heavy atom. The van der Waals surface area contributed by atoms with Gasteiger partial charge in [0.1, 0.15) is 0 Å². The highest BCUT2D eigenvalue weighted by Crippen LogP contribution is 1.81. The minimum absolute atomic E-state index is 0.521. The Kier molecular flexibility index (Phi) is 3.60. The Morgan fingerprint density at radius 2 is 2.00 bits per heavy atom. The van der Waals surface area contributed by atoms with E-state index in [1.807, 2.05) is 19.9 Å². The molecule has 2 heteroatoms. The first-order chi connectivity index (χ1) is 4.18. The van der Waals surface area contributed by atoms with Crippen molar-refractivity contribution in [2.45, 2.75) is 20.8 Å². The molecule has 0 rings (SSSR count). The number of aliphatic imine (C=N–C) groups is 1. The maximum atomic E-state index is 7.11. The summed E-state index contributed by atoms with van der Waals surface area (Å²) in [5.74, 6) is 0. The molecule has 0 saturated carbocycles. The molecule has 0 heterocycles. The molecule has 0 fully saturated rings. The Labute approximate surface area is 55.8 Å². The second-order valence-corrected chi connectivity index (χ2v) is 1.82. The smallest absolute Gasteiger partial charge is 0.0576 e. The summed E-state index contributed by atoms with van der Waals surface area (Å²) < 4.78 is 0. The highest BCUT2D eigenvalue weighted by molar-refractivity contribution is 6.39. The van der Waals surface area contributed by atoms with E-state index in [1.54, 1.807) is 13.1 Å². The van der Waals surface area contributed by atoms with Crippen molar-refractivity contribution >= 4 is 11.4 Å². The van der Waals surface area contributed by atoms with Gasteiger partial charge in [-0.2, -0.15) is 0 Å². The van der Waals surface area contributed by atoms with E-state index in [1.165, 1.54) is 0 Å². The van der Waals surface area contributed by atoms with E-state index in [9.17, 15) is 0 Å². The van der Waals surface area contributed by atoms with Crippen LogP contribution in [-0.4, -0.2) is 11.4 Å². The fourth-order valence-electron chi connectivity index (χ4n) is 0.283. The van der Waals surface area contributed by atoms with Gasteiger partial charge in [0.05, 0.1) is 5.71 Å². The largest absolute Gasteiger partial charge is 0.304 e. The lowest BCUT2D eigenvalue weighted by atomic mass is 10.3. The summed E-state index contributed by atoms with van der Waals surface area (Å²) >= 11 is 0. The number of hydrogen-bond acceptors (Lipinski definition) is 2. The molecule has 0 saturated heterocycles. The lowest BCUT2D eigenvalue weighted by Gasteiger charge is -1.89. The van der Waals surface area contributed by atoms with Gasteiger partial charge in [-0.1, -0.05) is 6.08 Å². The lowest BCUT2D eigenvalue weighted by molar-refractivity contribution is 1.46. The molecular weight excluding hydrogens is 112 g/mol. The number of nitrogens with one attached hydrogen (secondary N) is 1. The van der Waals surface area contributed by atoms with Crippen LogP contribution in [-0.2, 0) is 0 Å². The first-order valence-corrected chi connectivity index (χ1v) is 2.89. The van der Waals surface area contributed by atoms with Crippen molar-refractivity contribution in [2.24, 2.45) is 4.99 Å². The standard InChI is InChI=1S/C7H12N2/c1-4-5-9-7(3)6(2)8/h4-5,8H,1-3H3/b5-4-,8-6?,9-7?. The third-order valence-corrected chi connectivity index (χ3v) is 0.960. The zero-order valence-corrected chi connectivity index (χ0v) is 6.10. The molecule has 0 spiro atoms. The van der Waals surface area contributed by atoms with Crippen LogP contribution in [0.1, 0.15) is 20.8 Å². The van der Waals surface area contributed by atoms with Crippen molar-refractivity contribution in [3.8, 4) is 0 Å². The molecule has 0 aliphatic rings. The fourth-order valence-corrected chi connectivity index (χ4v) is 0.283. The van der Waals surface area contributed by atoms with Crippen LogP contribution in [0.15, 0.2) is 17.3 Å². The molecular formula is C7H12N2. The van der Waals surface area contributed by atoms with Gasteiger partial charge in [-0.05, 0) is 20.8 Å². The van der Waals surface area contributed by atoms with Crippen molar-refractivity contribution in [1.29, 1.82) is 5.41 Å². The molecule has 2 nitrogen and oxygen atoms in total. The molecule has 50 valence electrons. The summed E-state index contributed by atoms with van der Waals surface area (Å²) in [7, 11) is 0. The molecule has 1 N–H and O–H groups in total. The van der Waals surface area contributed by atoms with E-state index in [4.69, 9.17) is 5.41 Å². The molecule has 0 aromatic carbocycles. The van der Waals surface area contributed by atoms with Crippen LogP contribution in [0.3, 0.4) is 0 Å². The van der Waals surface area contributed by atoms with Crippen LogP contribution in [0.5, 0.6) is 0 Å². The summed E-state index contributed by atoms with van der Waals surface area (Å²) in [6.07, 6.45) is 3.53. The number of rotatable bonds is 2. The SMILES string of the molecule is C/C=C\N=C(C)C(C)=N. The molecule has 0 amide bonds. The van der Waals surface area contributed by atoms with Crippen LogP contribution >= 0.6 is 0 Å². The molecule has 0 aromatic heterocycles. The molecule has 0 aliphatic carbocycles. The average molecular weight is 124 g/mol. The van der Waals surface area contributed by atoms with Crippen molar-refractivity contribution in [3.05, 3.63) is 12.3 Å². The van der Waals surface area contributed by atoms with E-state index in [2.05, 4.69) is 4.99 Å². The van der Waals surface area contributed by atoms with Crippen LogP contribution in [0.25, 0.3) is 0 Å². The molecule has 0 bridgehead atoms. The minimum Gasteiger partial charge on any atom is -0.304 e. The topological polar surface area (TPSA) is 36.2 Å². The lowest BCUT2D eigenvalue weighted by Crippen LogP contribution is -2.01. The number of nitrogens with zero attached hydrogens (tertiary/aromatic N) is 1. The van der Waals surface area contributed by atoms with Gasteiger partial charge in [0.2, 0.25) is 0 Å². The number of hydrogen-bond donors (Lipinski definition) is 1. The quantitative estimate of drug-likeness (QED) is 0.547.